The van der Waals surface area contributed by atoms with Crippen molar-refractivity contribution in [2.45, 2.75) is 12.8 Å². The highest BCUT2D eigenvalue weighted by atomic mass is 32.2. The molecule has 0 radical (unpaired) electrons. The highest BCUT2D eigenvalue weighted by molar-refractivity contribution is 7.61. The summed E-state index contributed by atoms with van der Waals surface area (Å²) in [6.45, 7) is 0. The quantitative estimate of drug-likeness (QED) is 0.860. The second-order valence-corrected chi connectivity index (χ2v) is 3.83. The SMILES string of the molecule is COc1ccc(CCC(=O)O)cc1N=S(=O)=O. The van der Waals surface area contributed by atoms with Crippen LogP contribution in [-0.2, 0) is 21.7 Å². The van der Waals surface area contributed by atoms with Gasteiger partial charge in [-0.15, -0.1) is 4.36 Å². The van der Waals surface area contributed by atoms with E-state index in [0.717, 1.165) is 0 Å². The fraction of sp³-hybridized carbons (Fsp3) is 0.300. The first-order valence-corrected chi connectivity index (χ1v) is 5.76. The van der Waals surface area contributed by atoms with Crippen molar-refractivity contribution >= 4 is 22.2 Å². The Morgan fingerprint density at radius 2 is 2.18 bits per heavy atom. The first kappa shape index (κ1) is 13.2. The Morgan fingerprint density at radius 1 is 1.47 bits per heavy atom. The smallest absolute Gasteiger partial charge is 0.316 e. The molecule has 0 bridgehead atoms. The van der Waals surface area contributed by atoms with Gasteiger partial charge in [-0.1, -0.05) is 6.07 Å². The summed E-state index contributed by atoms with van der Waals surface area (Å²) in [6.07, 6.45) is 0.291. The van der Waals surface area contributed by atoms with E-state index in [1.54, 1.807) is 12.1 Å². The van der Waals surface area contributed by atoms with Gasteiger partial charge in [-0.3, -0.25) is 4.79 Å². The van der Waals surface area contributed by atoms with E-state index in [-0.39, 0.29) is 12.1 Å². The predicted octanol–water partition coefficient (Wildman–Crippen LogP) is 1.41. The van der Waals surface area contributed by atoms with Gasteiger partial charge in [0.1, 0.15) is 11.4 Å². The number of aliphatic carboxylic acids is 1. The molecule has 0 aliphatic carbocycles. The molecule has 0 aliphatic rings. The summed E-state index contributed by atoms with van der Waals surface area (Å²) in [4.78, 5) is 10.4. The third-order valence-electron chi connectivity index (χ3n) is 2.04. The van der Waals surface area contributed by atoms with Gasteiger partial charge in [0.2, 0.25) is 0 Å². The summed E-state index contributed by atoms with van der Waals surface area (Å²) in [5, 5.41) is 8.54. The van der Waals surface area contributed by atoms with Crippen LogP contribution >= 0.6 is 0 Å². The van der Waals surface area contributed by atoms with Gasteiger partial charge in [-0.25, -0.2) is 0 Å². The average molecular weight is 257 g/mol. The Hall–Kier alpha value is -1.89. The Labute approximate surface area is 99.6 Å². The Kier molecular flexibility index (Phi) is 4.65. The molecule has 0 aromatic heterocycles. The lowest BCUT2D eigenvalue weighted by molar-refractivity contribution is -0.136. The molecule has 1 rings (SSSR count). The van der Waals surface area contributed by atoms with Gasteiger partial charge in [-0.05, 0) is 24.1 Å². The number of carboxylic acid groups (broad SMARTS) is 1. The summed E-state index contributed by atoms with van der Waals surface area (Å²) in [6, 6.07) is 4.73. The Morgan fingerprint density at radius 3 is 2.71 bits per heavy atom. The summed E-state index contributed by atoms with van der Waals surface area (Å²) in [5.74, 6) is -0.583. The van der Waals surface area contributed by atoms with E-state index in [2.05, 4.69) is 4.36 Å². The highest BCUT2D eigenvalue weighted by Gasteiger charge is 2.05. The van der Waals surface area contributed by atoms with E-state index in [0.29, 0.717) is 17.7 Å². The van der Waals surface area contributed by atoms with Gasteiger partial charge < -0.3 is 9.84 Å². The van der Waals surface area contributed by atoms with Crippen LogP contribution in [0, 0.1) is 0 Å². The molecule has 0 atom stereocenters. The summed E-state index contributed by atoms with van der Waals surface area (Å²) < 4.78 is 29.3. The standard InChI is InChI=1S/C10H11NO5S/c1-16-9-4-2-7(3-5-10(12)13)6-8(9)11-17(14)15/h2,4,6H,3,5H2,1H3,(H,12,13). The normalized spacial score (nSPS) is 9.71. The van der Waals surface area contributed by atoms with E-state index >= 15 is 0 Å². The molecule has 1 aromatic carbocycles. The molecule has 17 heavy (non-hydrogen) atoms. The van der Waals surface area contributed by atoms with Crippen LogP contribution in [0.5, 0.6) is 5.75 Å². The number of ether oxygens (including phenoxy) is 1. The third-order valence-corrected chi connectivity index (χ3v) is 2.39. The van der Waals surface area contributed by atoms with Crippen LogP contribution in [0.3, 0.4) is 0 Å². The van der Waals surface area contributed by atoms with Crippen molar-refractivity contribution in [3.8, 4) is 5.75 Å². The lowest BCUT2D eigenvalue weighted by Crippen LogP contribution is -1.97. The molecule has 1 N–H and O–H groups in total. The van der Waals surface area contributed by atoms with Crippen LogP contribution in [0.4, 0.5) is 5.69 Å². The van der Waals surface area contributed by atoms with Gasteiger partial charge in [0, 0.05) is 6.42 Å². The predicted molar refractivity (Wildman–Crippen MR) is 60.0 cm³/mol. The zero-order valence-corrected chi connectivity index (χ0v) is 9.90. The number of methoxy groups -OCH3 is 1. The number of hydrogen-bond acceptors (Lipinski definition) is 5. The van der Waals surface area contributed by atoms with Crippen LogP contribution in [0.15, 0.2) is 22.6 Å². The van der Waals surface area contributed by atoms with E-state index in [1.165, 1.54) is 13.2 Å². The van der Waals surface area contributed by atoms with Gasteiger partial charge in [0.05, 0.1) is 7.11 Å². The maximum absolute atomic E-state index is 10.5. The molecule has 1 aromatic rings. The van der Waals surface area contributed by atoms with Crippen LogP contribution in [-0.4, -0.2) is 26.6 Å². The topological polar surface area (TPSA) is 93.0 Å². The van der Waals surface area contributed by atoms with E-state index in [9.17, 15) is 13.2 Å². The number of carboxylic acids is 1. The van der Waals surface area contributed by atoms with Crippen molar-refractivity contribution in [1.82, 2.24) is 0 Å². The summed E-state index contributed by atoms with van der Waals surface area (Å²) in [5.41, 5.74) is 0.862. The molecule has 92 valence electrons. The summed E-state index contributed by atoms with van der Waals surface area (Å²) in [7, 11) is -1.17. The third kappa shape index (κ3) is 4.23. The highest BCUT2D eigenvalue weighted by Crippen LogP contribution is 2.28. The molecule has 0 heterocycles. The zero-order chi connectivity index (χ0) is 12.8. The first-order valence-electron chi connectivity index (χ1n) is 4.72. The molecule has 7 heteroatoms. The molecule has 0 amide bonds. The second-order valence-electron chi connectivity index (χ2n) is 3.21. The van der Waals surface area contributed by atoms with Crippen LogP contribution in [0.1, 0.15) is 12.0 Å². The van der Waals surface area contributed by atoms with Crippen LogP contribution < -0.4 is 4.74 Å². The van der Waals surface area contributed by atoms with Gasteiger partial charge >= 0.3 is 16.5 Å². The van der Waals surface area contributed by atoms with E-state index in [4.69, 9.17) is 9.84 Å². The molecule has 0 saturated heterocycles. The minimum Gasteiger partial charge on any atom is -0.494 e. The van der Waals surface area contributed by atoms with Crippen LogP contribution in [0.25, 0.3) is 0 Å². The van der Waals surface area contributed by atoms with Gasteiger partial charge in [0.25, 0.3) is 0 Å². The Balaban J connectivity index is 3.04. The largest absolute Gasteiger partial charge is 0.494 e. The van der Waals surface area contributed by atoms with E-state index in [1.807, 2.05) is 0 Å². The lowest BCUT2D eigenvalue weighted by Gasteiger charge is -2.05. The number of rotatable bonds is 5. The molecular formula is C10H11NO5S. The average Bonchev–Trinajstić information content (AvgIpc) is 2.25. The molecule has 0 fully saturated rings. The Bertz CT molecular complexity index is 542. The van der Waals surface area contributed by atoms with Crippen molar-refractivity contribution < 1.29 is 23.1 Å². The van der Waals surface area contributed by atoms with Crippen molar-refractivity contribution in [3.05, 3.63) is 23.8 Å². The number of hydrogen-bond donors (Lipinski definition) is 1. The first-order chi connectivity index (χ1) is 8.02. The van der Waals surface area contributed by atoms with Crippen molar-refractivity contribution in [2.24, 2.45) is 4.36 Å². The second kappa shape index (κ2) is 6.00. The molecule has 0 saturated carbocycles. The lowest BCUT2D eigenvalue weighted by atomic mass is 10.1. The molecule has 0 unspecified atom stereocenters. The maximum atomic E-state index is 10.5. The molecular weight excluding hydrogens is 246 g/mol. The number of aryl methyl sites for hydroxylation is 1. The summed E-state index contributed by atoms with van der Waals surface area (Å²) >= 11 is 0. The van der Waals surface area contributed by atoms with Crippen molar-refractivity contribution in [2.75, 3.05) is 7.11 Å². The zero-order valence-electron chi connectivity index (χ0n) is 9.08. The monoisotopic (exact) mass is 257 g/mol. The molecule has 0 aliphatic heterocycles. The number of carbonyl (C=O) groups is 1. The minimum absolute atomic E-state index is 0.0216. The number of nitrogens with zero attached hydrogens (tertiary/aromatic N) is 1. The van der Waals surface area contributed by atoms with Crippen LogP contribution in [0.2, 0.25) is 0 Å². The fourth-order valence-corrected chi connectivity index (χ4v) is 1.60. The minimum atomic E-state index is -2.57. The van der Waals surface area contributed by atoms with Gasteiger partial charge in [0.15, 0.2) is 0 Å². The van der Waals surface area contributed by atoms with E-state index < -0.39 is 16.5 Å². The number of benzene rings is 1. The molecule has 0 spiro atoms. The van der Waals surface area contributed by atoms with Crippen molar-refractivity contribution in [3.63, 3.8) is 0 Å². The fourth-order valence-electron chi connectivity index (χ4n) is 1.29. The molecule has 6 nitrogen and oxygen atoms in total. The van der Waals surface area contributed by atoms with Crippen molar-refractivity contribution in [1.29, 1.82) is 0 Å². The van der Waals surface area contributed by atoms with Gasteiger partial charge in [-0.2, -0.15) is 8.42 Å². The maximum Gasteiger partial charge on any atom is 0.316 e.